The number of ether oxygens (including phenoxy) is 1. The van der Waals surface area contributed by atoms with Crippen molar-refractivity contribution in [2.45, 2.75) is 25.5 Å². The Morgan fingerprint density at radius 3 is 2.56 bits per heavy atom. The van der Waals surface area contributed by atoms with Crippen molar-refractivity contribution in [3.05, 3.63) is 53.6 Å². The summed E-state index contributed by atoms with van der Waals surface area (Å²) in [6.07, 6.45) is 3.44. The van der Waals surface area contributed by atoms with Gasteiger partial charge in [0.1, 0.15) is 11.4 Å². The standard InChI is InChI=1S/C22H33FN6O2.HI/c1-4-24-21(26-16-22(2,30)18-13-27-28(3)15-18)25-14-20(29-9-11-31-12-10-29)17-5-7-19(23)8-6-17;/h5-8,13,15,20,30H,4,9-12,14,16H2,1-3H3,(H2,24,25,26);1H. The molecule has 32 heavy (non-hydrogen) atoms. The molecule has 2 unspecified atom stereocenters. The third kappa shape index (κ3) is 7.39. The maximum atomic E-state index is 13.5. The zero-order chi connectivity index (χ0) is 22.3. The number of guanidine groups is 1. The van der Waals surface area contributed by atoms with Crippen molar-refractivity contribution in [2.24, 2.45) is 12.0 Å². The van der Waals surface area contributed by atoms with Crippen LogP contribution in [0.2, 0.25) is 0 Å². The smallest absolute Gasteiger partial charge is 0.191 e. The second-order valence-electron chi connectivity index (χ2n) is 7.97. The second-order valence-corrected chi connectivity index (χ2v) is 7.97. The Kier molecular flexibility index (Phi) is 10.3. The number of hydrogen-bond acceptors (Lipinski definition) is 5. The van der Waals surface area contributed by atoms with Gasteiger partial charge in [0.2, 0.25) is 0 Å². The molecule has 0 aliphatic carbocycles. The number of rotatable bonds is 8. The summed E-state index contributed by atoms with van der Waals surface area (Å²) in [5.74, 6) is 0.372. The van der Waals surface area contributed by atoms with Crippen molar-refractivity contribution < 1.29 is 14.2 Å². The van der Waals surface area contributed by atoms with E-state index in [0.29, 0.717) is 37.8 Å². The van der Waals surface area contributed by atoms with Crippen LogP contribution in [0.15, 0.2) is 41.7 Å². The Balaban J connectivity index is 0.00000363. The average Bonchev–Trinajstić information content (AvgIpc) is 3.21. The number of aryl methyl sites for hydroxylation is 1. The zero-order valence-corrected chi connectivity index (χ0v) is 21.3. The van der Waals surface area contributed by atoms with Gasteiger partial charge in [-0.15, -0.1) is 24.0 Å². The van der Waals surface area contributed by atoms with E-state index in [9.17, 15) is 9.50 Å². The summed E-state index contributed by atoms with van der Waals surface area (Å²) in [5.41, 5.74) is 0.623. The molecule has 10 heteroatoms. The number of morpholine rings is 1. The lowest BCUT2D eigenvalue weighted by Crippen LogP contribution is -2.46. The Labute approximate surface area is 206 Å². The largest absolute Gasteiger partial charge is 0.383 e. The summed E-state index contributed by atoms with van der Waals surface area (Å²) < 4.78 is 20.6. The van der Waals surface area contributed by atoms with Gasteiger partial charge in [-0.2, -0.15) is 5.10 Å². The van der Waals surface area contributed by atoms with E-state index in [-0.39, 0.29) is 42.4 Å². The monoisotopic (exact) mass is 560 g/mol. The van der Waals surface area contributed by atoms with Crippen molar-refractivity contribution in [2.75, 3.05) is 45.9 Å². The maximum Gasteiger partial charge on any atom is 0.191 e. The summed E-state index contributed by atoms with van der Waals surface area (Å²) in [5, 5.41) is 21.6. The molecule has 2 heterocycles. The Hall–Kier alpha value is -1.76. The molecule has 1 saturated heterocycles. The van der Waals surface area contributed by atoms with Crippen LogP contribution in [0.25, 0.3) is 0 Å². The number of hydrogen-bond donors (Lipinski definition) is 3. The predicted molar refractivity (Wildman–Crippen MR) is 134 cm³/mol. The number of nitrogens with zero attached hydrogens (tertiary/aromatic N) is 4. The highest BCUT2D eigenvalue weighted by Crippen LogP contribution is 2.22. The molecule has 0 bridgehead atoms. The van der Waals surface area contributed by atoms with Crippen molar-refractivity contribution >= 4 is 29.9 Å². The average molecular weight is 560 g/mol. The van der Waals surface area contributed by atoms with Crippen LogP contribution in [-0.4, -0.2) is 71.7 Å². The van der Waals surface area contributed by atoms with Gasteiger partial charge in [-0.1, -0.05) is 12.1 Å². The van der Waals surface area contributed by atoms with Crippen molar-refractivity contribution in [3.8, 4) is 0 Å². The van der Waals surface area contributed by atoms with Crippen LogP contribution >= 0.6 is 24.0 Å². The first-order valence-electron chi connectivity index (χ1n) is 10.7. The minimum absolute atomic E-state index is 0. The molecule has 3 N–H and O–H groups in total. The Morgan fingerprint density at radius 2 is 1.97 bits per heavy atom. The Bertz CT molecular complexity index is 852. The van der Waals surface area contributed by atoms with Gasteiger partial charge in [-0.25, -0.2) is 9.38 Å². The predicted octanol–water partition coefficient (Wildman–Crippen LogP) is 2.01. The molecule has 1 aliphatic heterocycles. The van der Waals surface area contributed by atoms with E-state index in [1.165, 1.54) is 12.1 Å². The molecule has 0 amide bonds. The molecule has 2 aromatic rings. The van der Waals surface area contributed by atoms with Crippen LogP contribution in [-0.2, 0) is 17.4 Å². The van der Waals surface area contributed by atoms with E-state index >= 15 is 0 Å². The summed E-state index contributed by atoms with van der Waals surface area (Å²) in [6.45, 7) is 8.18. The van der Waals surface area contributed by atoms with Crippen LogP contribution < -0.4 is 10.6 Å². The fraction of sp³-hybridized carbons (Fsp3) is 0.545. The van der Waals surface area contributed by atoms with Crippen molar-refractivity contribution in [3.63, 3.8) is 0 Å². The van der Waals surface area contributed by atoms with Crippen molar-refractivity contribution in [1.29, 1.82) is 0 Å². The molecular formula is C22H34FIN6O2. The molecule has 0 saturated carbocycles. The third-order valence-corrected chi connectivity index (χ3v) is 5.42. The lowest BCUT2D eigenvalue weighted by molar-refractivity contribution is 0.0169. The minimum Gasteiger partial charge on any atom is -0.383 e. The molecular weight excluding hydrogens is 526 g/mol. The van der Waals surface area contributed by atoms with Crippen LogP contribution in [0.5, 0.6) is 0 Å². The molecule has 0 spiro atoms. The summed E-state index contributed by atoms with van der Waals surface area (Å²) in [6, 6.07) is 6.69. The van der Waals surface area contributed by atoms with E-state index in [1.807, 2.05) is 26.1 Å². The zero-order valence-electron chi connectivity index (χ0n) is 18.9. The first kappa shape index (κ1) is 26.5. The number of aliphatic imine (C=N–C) groups is 1. The fourth-order valence-electron chi connectivity index (χ4n) is 3.59. The SMILES string of the molecule is CCNC(=NCC(C)(O)c1cnn(C)c1)NCC(c1ccc(F)cc1)N1CCOCC1.I. The molecule has 2 atom stereocenters. The van der Waals surface area contributed by atoms with Crippen LogP contribution in [0, 0.1) is 5.82 Å². The third-order valence-electron chi connectivity index (χ3n) is 5.42. The molecule has 178 valence electrons. The first-order chi connectivity index (χ1) is 14.9. The van der Waals surface area contributed by atoms with Gasteiger partial charge < -0.3 is 20.5 Å². The highest BCUT2D eigenvalue weighted by atomic mass is 127. The molecule has 1 aliphatic rings. The molecule has 1 aromatic carbocycles. The topological polar surface area (TPSA) is 86.9 Å². The van der Waals surface area contributed by atoms with Gasteiger partial charge in [0, 0.05) is 45.0 Å². The van der Waals surface area contributed by atoms with E-state index in [4.69, 9.17) is 4.74 Å². The number of halogens is 2. The van der Waals surface area contributed by atoms with Crippen molar-refractivity contribution in [1.82, 2.24) is 25.3 Å². The highest BCUT2D eigenvalue weighted by Gasteiger charge is 2.26. The highest BCUT2D eigenvalue weighted by molar-refractivity contribution is 14.0. The fourth-order valence-corrected chi connectivity index (χ4v) is 3.59. The quantitative estimate of drug-likeness (QED) is 0.260. The van der Waals surface area contributed by atoms with Gasteiger partial charge in [0.25, 0.3) is 0 Å². The summed E-state index contributed by atoms with van der Waals surface area (Å²) in [4.78, 5) is 6.93. The van der Waals surface area contributed by atoms with Gasteiger partial charge in [-0.05, 0) is 31.5 Å². The van der Waals surface area contributed by atoms with E-state index in [1.54, 1.807) is 24.0 Å². The molecule has 1 aromatic heterocycles. The maximum absolute atomic E-state index is 13.5. The van der Waals surface area contributed by atoms with E-state index in [2.05, 4.69) is 25.6 Å². The number of aliphatic hydroxyl groups is 1. The number of benzene rings is 1. The second kappa shape index (κ2) is 12.5. The molecule has 0 radical (unpaired) electrons. The summed E-state index contributed by atoms with van der Waals surface area (Å²) >= 11 is 0. The number of nitrogens with one attached hydrogen (secondary N) is 2. The summed E-state index contributed by atoms with van der Waals surface area (Å²) in [7, 11) is 1.82. The minimum atomic E-state index is -1.13. The van der Waals surface area contributed by atoms with E-state index < -0.39 is 5.60 Å². The van der Waals surface area contributed by atoms with Crippen LogP contribution in [0.3, 0.4) is 0 Å². The Morgan fingerprint density at radius 1 is 1.28 bits per heavy atom. The number of aromatic nitrogens is 2. The van der Waals surface area contributed by atoms with Gasteiger partial charge in [0.15, 0.2) is 5.96 Å². The lowest BCUT2D eigenvalue weighted by atomic mass is 10.0. The normalized spacial score (nSPS) is 17.8. The van der Waals surface area contributed by atoms with Gasteiger partial charge in [-0.3, -0.25) is 9.58 Å². The van der Waals surface area contributed by atoms with Crippen LogP contribution in [0.4, 0.5) is 4.39 Å². The van der Waals surface area contributed by atoms with Crippen LogP contribution in [0.1, 0.15) is 31.0 Å². The molecule has 3 rings (SSSR count). The lowest BCUT2D eigenvalue weighted by Gasteiger charge is -2.35. The first-order valence-corrected chi connectivity index (χ1v) is 10.7. The molecule has 8 nitrogen and oxygen atoms in total. The van der Waals surface area contributed by atoms with E-state index in [0.717, 1.165) is 18.7 Å². The molecule has 1 fully saturated rings. The van der Waals surface area contributed by atoms with Gasteiger partial charge >= 0.3 is 0 Å². The van der Waals surface area contributed by atoms with Gasteiger partial charge in [0.05, 0.1) is 32.0 Å².